The van der Waals surface area contributed by atoms with Gasteiger partial charge in [0.05, 0.1) is 0 Å². The molecule has 0 aliphatic rings. The first-order chi connectivity index (χ1) is 12.8. The van der Waals surface area contributed by atoms with Crippen LogP contribution in [-0.2, 0) is 0 Å². The smallest absolute Gasteiger partial charge is 0.234 e. The highest BCUT2D eigenvalue weighted by Gasteiger charge is 2.21. The number of Topliss-reactive ketones (excluding diaryl/α,β-unsaturated/α-hetero) is 2. The number of hydrogen-bond acceptors (Lipinski definition) is 2. The maximum Gasteiger partial charge on any atom is 0.234 e. The van der Waals surface area contributed by atoms with E-state index in [1.165, 1.54) is 0 Å². The molecule has 2 nitrogen and oxygen atoms in total. The third-order valence-corrected chi connectivity index (χ3v) is 4.49. The first kappa shape index (κ1) is 16.0. The Morgan fingerprint density at radius 2 is 1.12 bits per heavy atom. The summed E-state index contributed by atoms with van der Waals surface area (Å²) in [6, 6.07) is 30.0. The summed E-state index contributed by atoms with van der Waals surface area (Å²) in [7, 11) is 0. The molecule has 0 aliphatic carbocycles. The molecule has 0 saturated heterocycles. The van der Waals surface area contributed by atoms with Gasteiger partial charge in [0, 0.05) is 11.1 Å². The predicted molar refractivity (Wildman–Crippen MR) is 104 cm³/mol. The van der Waals surface area contributed by atoms with Gasteiger partial charge in [0.1, 0.15) is 0 Å². The Bertz CT molecular complexity index is 1110. The number of benzene rings is 4. The van der Waals surface area contributed by atoms with Crippen molar-refractivity contribution in [1.29, 1.82) is 0 Å². The van der Waals surface area contributed by atoms with Crippen LogP contribution in [0, 0.1) is 0 Å². The van der Waals surface area contributed by atoms with Gasteiger partial charge in [-0.25, -0.2) is 0 Å². The SMILES string of the molecule is O=C(C(=O)c1ccccc1-c1cccc2ccccc12)c1ccccc1. The van der Waals surface area contributed by atoms with Gasteiger partial charge in [-0.15, -0.1) is 0 Å². The maximum atomic E-state index is 12.9. The largest absolute Gasteiger partial charge is 0.285 e. The lowest BCUT2D eigenvalue weighted by molar-refractivity contribution is 0.0817. The van der Waals surface area contributed by atoms with Gasteiger partial charge in [-0.3, -0.25) is 9.59 Å². The summed E-state index contributed by atoms with van der Waals surface area (Å²) < 4.78 is 0. The molecule has 0 bridgehead atoms. The van der Waals surface area contributed by atoms with Crippen LogP contribution in [0.3, 0.4) is 0 Å². The molecule has 0 aliphatic heterocycles. The number of ketones is 2. The molecule has 0 fully saturated rings. The predicted octanol–water partition coefficient (Wildman–Crippen LogP) is 5.57. The fourth-order valence-corrected chi connectivity index (χ4v) is 3.22. The second-order valence-electron chi connectivity index (χ2n) is 6.10. The van der Waals surface area contributed by atoms with Crippen molar-refractivity contribution in [3.63, 3.8) is 0 Å². The normalized spacial score (nSPS) is 10.6. The van der Waals surface area contributed by atoms with Gasteiger partial charge in [-0.1, -0.05) is 97.1 Å². The highest BCUT2D eigenvalue weighted by Crippen LogP contribution is 2.31. The number of fused-ring (bicyclic) bond motifs is 1. The average molecular weight is 336 g/mol. The van der Waals surface area contributed by atoms with E-state index in [0.29, 0.717) is 11.1 Å². The van der Waals surface area contributed by atoms with Crippen molar-refractivity contribution in [1.82, 2.24) is 0 Å². The Balaban J connectivity index is 1.85. The van der Waals surface area contributed by atoms with Gasteiger partial charge in [-0.2, -0.15) is 0 Å². The Kier molecular flexibility index (Phi) is 4.16. The van der Waals surface area contributed by atoms with E-state index >= 15 is 0 Å². The Hall–Kier alpha value is -3.52. The summed E-state index contributed by atoms with van der Waals surface area (Å²) >= 11 is 0. The van der Waals surface area contributed by atoms with Crippen molar-refractivity contribution in [2.75, 3.05) is 0 Å². The van der Waals surface area contributed by atoms with Crippen molar-refractivity contribution < 1.29 is 9.59 Å². The zero-order valence-electron chi connectivity index (χ0n) is 14.1. The lowest BCUT2D eigenvalue weighted by Gasteiger charge is -2.11. The monoisotopic (exact) mass is 336 g/mol. The molecule has 4 aromatic rings. The molecule has 0 N–H and O–H groups in total. The summed E-state index contributed by atoms with van der Waals surface area (Å²) in [4.78, 5) is 25.6. The van der Waals surface area contributed by atoms with E-state index < -0.39 is 11.6 Å². The van der Waals surface area contributed by atoms with Crippen LogP contribution < -0.4 is 0 Å². The molecule has 124 valence electrons. The third-order valence-electron chi connectivity index (χ3n) is 4.49. The highest BCUT2D eigenvalue weighted by atomic mass is 16.2. The van der Waals surface area contributed by atoms with Crippen LogP contribution in [0.1, 0.15) is 20.7 Å². The third kappa shape index (κ3) is 2.82. The molecule has 0 unspecified atom stereocenters. The van der Waals surface area contributed by atoms with E-state index in [1.54, 1.807) is 36.4 Å². The van der Waals surface area contributed by atoms with Crippen LogP contribution >= 0.6 is 0 Å². The standard InChI is InChI=1S/C24H16O2/c25-23(18-10-2-1-3-11-18)24(26)22-15-7-6-14-21(22)20-16-8-12-17-9-4-5-13-19(17)20/h1-16H. The quantitative estimate of drug-likeness (QED) is 0.360. The molecule has 0 radical (unpaired) electrons. The highest BCUT2D eigenvalue weighted by molar-refractivity contribution is 6.50. The summed E-state index contributed by atoms with van der Waals surface area (Å²) in [6.45, 7) is 0. The molecule has 0 atom stereocenters. The molecular formula is C24H16O2. The van der Waals surface area contributed by atoms with E-state index in [4.69, 9.17) is 0 Å². The molecule has 0 saturated carbocycles. The summed E-state index contributed by atoms with van der Waals surface area (Å²) in [5.74, 6) is -0.974. The molecule has 2 heteroatoms. The molecule has 4 aromatic carbocycles. The summed E-state index contributed by atoms with van der Waals surface area (Å²) in [5.41, 5.74) is 2.56. The van der Waals surface area contributed by atoms with E-state index in [1.807, 2.05) is 60.7 Å². The van der Waals surface area contributed by atoms with Crippen LogP contribution in [0.2, 0.25) is 0 Å². The second-order valence-corrected chi connectivity index (χ2v) is 6.10. The first-order valence-electron chi connectivity index (χ1n) is 8.47. The van der Waals surface area contributed by atoms with Gasteiger partial charge in [0.15, 0.2) is 0 Å². The molecular weight excluding hydrogens is 320 g/mol. The average Bonchev–Trinajstić information content (AvgIpc) is 2.73. The van der Waals surface area contributed by atoms with E-state index in [0.717, 1.165) is 21.9 Å². The Labute approximate surface area is 151 Å². The fourth-order valence-electron chi connectivity index (χ4n) is 3.22. The summed E-state index contributed by atoms with van der Waals surface area (Å²) in [5, 5.41) is 2.16. The minimum Gasteiger partial charge on any atom is -0.285 e. The zero-order chi connectivity index (χ0) is 17.9. The van der Waals surface area contributed by atoms with Gasteiger partial charge in [-0.05, 0) is 21.9 Å². The molecule has 26 heavy (non-hydrogen) atoms. The molecule has 0 aromatic heterocycles. The van der Waals surface area contributed by atoms with Crippen LogP contribution in [0.4, 0.5) is 0 Å². The first-order valence-corrected chi connectivity index (χ1v) is 8.47. The fraction of sp³-hybridized carbons (Fsp3) is 0. The number of carbonyl (C=O) groups is 2. The van der Waals surface area contributed by atoms with Crippen molar-refractivity contribution in [3.8, 4) is 11.1 Å². The molecule has 4 rings (SSSR count). The number of hydrogen-bond donors (Lipinski definition) is 0. The number of carbonyl (C=O) groups excluding carboxylic acids is 2. The van der Waals surface area contributed by atoms with Crippen molar-refractivity contribution >= 4 is 22.3 Å². The summed E-state index contributed by atoms with van der Waals surface area (Å²) in [6.07, 6.45) is 0. The second kappa shape index (κ2) is 6.77. The van der Waals surface area contributed by atoms with Gasteiger partial charge >= 0.3 is 0 Å². The minimum absolute atomic E-state index is 0.408. The van der Waals surface area contributed by atoms with E-state index in [-0.39, 0.29) is 0 Å². The lowest BCUT2D eigenvalue weighted by atomic mass is 9.91. The van der Waals surface area contributed by atoms with Crippen molar-refractivity contribution in [3.05, 3.63) is 108 Å². The van der Waals surface area contributed by atoms with Crippen LogP contribution in [0.5, 0.6) is 0 Å². The molecule has 0 amide bonds. The van der Waals surface area contributed by atoms with Gasteiger partial charge < -0.3 is 0 Å². The van der Waals surface area contributed by atoms with Gasteiger partial charge in [0.2, 0.25) is 11.6 Å². The van der Waals surface area contributed by atoms with Crippen molar-refractivity contribution in [2.24, 2.45) is 0 Å². The van der Waals surface area contributed by atoms with Crippen molar-refractivity contribution in [2.45, 2.75) is 0 Å². The van der Waals surface area contributed by atoms with Crippen LogP contribution in [0.25, 0.3) is 21.9 Å². The Morgan fingerprint density at radius 1 is 0.500 bits per heavy atom. The van der Waals surface area contributed by atoms with Gasteiger partial charge in [0.25, 0.3) is 0 Å². The minimum atomic E-state index is -0.488. The van der Waals surface area contributed by atoms with E-state index in [9.17, 15) is 9.59 Å². The zero-order valence-corrected chi connectivity index (χ0v) is 14.1. The van der Waals surface area contributed by atoms with Crippen LogP contribution in [-0.4, -0.2) is 11.6 Å². The Morgan fingerprint density at radius 3 is 1.96 bits per heavy atom. The topological polar surface area (TPSA) is 34.1 Å². The number of rotatable bonds is 4. The molecule has 0 spiro atoms. The molecule has 0 heterocycles. The van der Waals surface area contributed by atoms with Crippen LogP contribution in [0.15, 0.2) is 97.1 Å². The van der Waals surface area contributed by atoms with E-state index in [2.05, 4.69) is 0 Å². The lowest BCUT2D eigenvalue weighted by Crippen LogP contribution is -2.15. The maximum absolute atomic E-state index is 12.9.